The van der Waals surface area contributed by atoms with Crippen LogP contribution in [0.5, 0.6) is 0 Å². The molecular weight excluding hydrogens is 318 g/mol. The summed E-state index contributed by atoms with van der Waals surface area (Å²) in [7, 11) is 1.83. The summed E-state index contributed by atoms with van der Waals surface area (Å²) in [6, 6.07) is 5.76. The van der Waals surface area contributed by atoms with Gasteiger partial charge in [-0.15, -0.1) is 0 Å². The van der Waals surface area contributed by atoms with Crippen LogP contribution in [0, 0.1) is 11.3 Å². The number of amides is 1. The minimum Gasteiger partial charge on any atom is -0.391 e. The van der Waals surface area contributed by atoms with Gasteiger partial charge in [0.05, 0.1) is 18.2 Å². The summed E-state index contributed by atoms with van der Waals surface area (Å²) in [6.07, 6.45) is 4.35. The van der Waals surface area contributed by atoms with Crippen LogP contribution in [-0.4, -0.2) is 77.7 Å². The number of hydrogen-bond donors (Lipinski definition) is 1. The van der Waals surface area contributed by atoms with Crippen molar-refractivity contribution in [3.05, 3.63) is 23.9 Å². The first-order valence-corrected chi connectivity index (χ1v) is 8.85. The highest BCUT2D eigenvalue weighted by Gasteiger charge is 2.33. The molecule has 2 fully saturated rings. The Bertz CT molecular complexity index is 634. The topological polar surface area (TPSA) is 83.7 Å². The van der Waals surface area contributed by atoms with Crippen LogP contribution in [0.1, 0.15) is 24.8 Å². The van der Waals surface area contributed by atoms with Gasteiger partial charge in [0, 0.05) is 45.5 Å². The molecule has 0 aromatic carbocycles. The zero-order valence-corrected chi connectivity index (χ0v) is 14.6. The number of aromatic nitrogens is 1. The van der Waals surface area contributed by atoms with Crippen LogP contribution < -0.4 is 4.90 Å². The average Bonchev–Trinajstić information content (AvgIpc) is 3.07. The van der Waals surface area contributed by atoms with E-state index in [2.05, 4.69) is 9.88 Å². The van der Waals surface area contributed by atoms with Crippen molar-refractivity contribution in [1.82, 2.24) is 14.8 Å². The van der Waals surface area contributed by atoms with Crippen molar-refractivity contribution in [1.29, 1.82) is 5.26 Å². The van der Waals surface area contributed by atoms with Crippen molar-refractivity contribution in [2.24, 2.45) is 0 Å². The van der Waals surface area contributed by atoms with Gasteiger partial charge in [0.25, 0.3) is 0 Å². The minimum atomic E-state index is -0.212. The second-order valence-electron chi connectivity index (χ2n) is 6.86. The van der Waals surface area contributed by atoms with Gasteiger partial charge >= 0.3 is 0 Å². The predicted octanol–water partition coefficient (Wildman–Crippen LogP) is 0.447. The van der Waals surface area contributed by atoms with E-state index in [4.69, 9.17) is 5.26 Å². The molecule has 1 amide bonds. The van der Waals surface area contributed by atoms with Crippen molar-refractivity contribution in [3.63, 3.8) is 0 Å². The third-order valence-electron chi connectivity index (χ3n) is 5.22. The number of piperazine rings is 1. The molecule has 1 aromatic rings. The molecule has 0 bridgehead atoms. The zero-order valence-electron chi connectivity index (χ0n) is 14.6. The molecule has 7 heteroatoms. The van der Waals surface area contributed by atoms with Crippen molar-refractivity contribution in [2.45, 2.75) is 31.4 Å². The van der Waals surface area contributed by atoms with Gasteiger partial charge in [-0.25, -0.2) is 4.98 Å². The molecule has 2 heterocycles. The van der Waals surface area contributed by atoms with Gasteiger partial charge in [0.2, 0.25) is 5.91 Å². The first-order valence-electron chi connectivity index (χ1n) is 8.85. The van der Waals surface area contributed by atoms with E-state index < -0.39 is 0 Å². The standard InChI is InChI=1S/C18H25N5O2/c1-21(17-6-5-14(11-19)12-20-17)13-18(25)23-9-7-22(8-10-23)15-3-2-4-16(15)24/h5-6,12,15-16,24H,2-4,7-10,13H2,1H3/t15-,16+/m0/s1. The number of anilines is 1. The van der Waals surface area contributed by atoms with Crippen LogP contribution in [0.4, 0.5) is 5.82 Å². The Labute approximate surface area is 148 Å². The smallest absolute Gasteiger partial charge is 0.242 e. The number of nitrogens with zero attached hydrogens (tertiary/aromatic N) is 5. The number of hydrogen-bond acceptors (Lipinski definition) is 6. The lowest BCUT2D eigenvalue weighted by molar-refractivity contribution is -0.132. The fraction of sp³-hybridized carbons (Fsp3) is 0.611. The highest BCUT2D eigenvalue weighted by molar-refractivity contribution is 5.81. The molecule has 1 aliphatic heterocycles. The Morgan fingerprint density at radius 1 is 1.36 bits per heavy atom. The van der Waals surface area contributed by atoms with Crippen molar-refractivity contribution in [3.8, 4) is 6.07 Å². The second-order valence-corrected chi connectivity index (χ2v) is 6.86. The molecule has 0 radical (unpaired) electrons. The number of carbonyl (C=O) groups is 1. The maximum atomic E-state index is 12.5. The van der Waals surface area contributed by atoms with Gasteiger partial charge in [-0.05, 0) is 31.4 Å². The zero-order chi connectivity index (χ0) is 17.8. The first kappa shape index (κ1) is 17.6. The lowest BCUT2D eigenvalue weighted by atomic mass is 10.1. The molecule has 134 valence electrons. The molecule has 0 unspecified atom stereocenters. The number of aliphatic hydroxyl groups is 1. The Balaban J connectivity index is 1.49. The summed E-state index contributed by atoms with van der Waals surface area (Å²) in [5, 5.41) is 18.9. The third kappa shape index (κ3) is 4.09. The number of carbonyl (C=O) groups excluding carboxylic acids is 1. The van der Waals surface area contributed by atoms with E-state index >= 15 is 0 Å². The lowest BCUT2D eigenvalue weighted by Crippen LogP contribution is -2.54. The molecule has 1 aliphatic carbocycles. The molecule has 1 N–H and O–H groups in total. The Hall–Kier alpha value is -2.17. The molecule has 1 saturated heterocycles. The summed E-state index contributed by atoms with van der Waals surface area (Å²) in [6.45, 7) is 3.33. The lowest BCUT2D eigenvalue weighted by Gasteiger charge is -2.39. The maximum Gasteiger partial charge on any atom is 0.242 e. The highest BCUT2D eigenvalue weighted by Crippen LogP contribution is 2.25. The van der Waals surface area contributed by atoms with E-state index in [0.717, 1.165) is 32.4 Å². The molecule has 7 nitrogen and oxygen atoms in total. The molecular formula is C18H25N5O2. The molecule has 1 saturated carbocycles. The minimum absolute atomic E-state index is 0.0836. The number of pyridine rings is 1. The van der Waals surface area contributed by atoms with Crippen LogP contribution in [0.3, 0.4) is 0 Å². The molecule has 1 aromatic heterocycles. The van der Waals surface area contributed by atoms with Crippen molar-refractivity contribution >= 4 is 11.7 Å². The summed E-state index contributed by atoms with van der Waals surface area (Å²) in [4.78, 5) is 22.8. The average molecular weight is 343 g/mol. The van der Waals surface area contributed by atoms with Crippen LogP contribution in [0.25, 0.3) is 0 Å². The largest absolute Gasteiger partial charge is 0.391 e. The van der Waals surface area contributed by atoms with Crippen molar-refractivity contribution in [2.75, 3.05) is 44.7 Å². The quantitative estimate of drug-likeness (QED) is 0.854. The van der Waals surface area contributed by atoms with Crippen LogP contribution >= 0.6 is 0 Å². The number of rotatable bonds is 4. The van der Waals surface area contributed by atoms with E-state index in [0.29, 0.717) is 24.5 Å². The molecule has 25 heavy (non-hydrogen) atoms. The normalized spacial score (nSPS) is 24.1. The number of nitriles is 1. The third-order valence-corrected chi connectivity index (χ3v) is 5.22. The van der Waals surface area contributed by atoms with Crippen LogP contribution in [0.15, 0.2) is 18.3 Å². The monoisotopic (exact) mass is 343 g/mol. The van der Waals surface area contributed by atoms with Gasteiger partial charge in [-0.1, -0.05) is 0 Å². The van der Waals surface area contributed by atoms with Gasteiger partial charge in [-0.2, -0.15) is 5.26 Å². The Morgan fingerprint density at radius 2 is 2.12 bits per heavy atom. The Morgan fingerprint density at radius 3 is 2.68 bits per heavy atom. The van der Waals surface area contributed by atoms with Gasteiger partial charge in [-0.3, -0.25) is 9.69 Å². The summed E-state index contributed by atoms with van der Waals surface area (Å²) >= 11 is 0. The maximum absolute atomic E-state index is 12.5. The van der Waals surface area contributed by atoms with E-state index in [-0.39, 0.29) is 24.6 Å². The molecule has 0 spiro atoms. The number of aliphatic hydroxyl groups excluding tert-OH is 1. The molecule has 2 atom stereocenters. The molecule has 3 rings (SSSR count). The SMILES string of the molecule is CN(CC(=O)N1CCN([C@H]2CCC[C@H]2O)CC1)c1ccc(C#N)cn1. The summed E-state index contributed by atoms with van der Waals surface area (Å²) < 4.78 is 0. The van der Waals surface area contributed by atoms with E-state index in [9.17, 15) is 9.90 Å². The van der Waals surface area contributed by atoms with Gasteiger partial charge < -0.3 is 14.9 Å². The second kappa shape index (κ2) is 7.81. The Kier molecular flexibility index (Phi) is 5.51. The van der Waals surface area contributed by atoms with Gasteiger partial charge in [0.15, 0.2) is 0 Å². The highest BCUT2D eigenvalue weighted by atomic mass is 16.3. The van der Waals surface area contributed by atoms with E-state index in [1.807, 2.05) is 18.0 Å². The van der Waals surface area contributed by atoms with Gasteiger partial charge in [0.1, 0.15) is 11.9 Å². The summed E-state index contributed by atoms with van der Waals surface area (Å²) in [5.41, 5.74) is 0.508. The fourth-order valence-corrected chi connectivity index (χ4v) is 3.71. The van der Waals surface area contributed by atoms with Crippen LogP contribution in [-0.2, 0) is 4.79 Å². The predicted molar refractivity (Wildman–Crippen MR) is 94.0 cm³/mol. The van der Waals surface area contributed by atoms with E-state index in [1.54, 1.807) is 17.0 Å². The number of likely N-dealkylation sites (N-methyl/N-ethyl adjacent to an activating group) is 1. The summed E-state index contributed by atoms with van der Waals surface area (Å²) in [5.74, 6) is 0.764. The van der Waals surface area contributed by atoms with Crippen molar-refractivity contribution < 1.29 is 9.90 Å². The van der Waals surface area contributed by atoms with E-state index in [1.165, 1.54) is 6.20 Å². The van der Waals surface area contributed by atoms with Crippen LogP contribution in [0.2, 0.25) is 0 Å². The molecule has 2 aliphatic rings. The fourth-order valence-electron chi connectivity index (χ4n) is 3.71. The first-order chi connectivity index (χ1) is 12.1.